The van der Waals surface area contributed by atoms with Crippen LogP contribution < -0.4 is 15.8 Å². The molecule has 1 saturated heterocycles. The average molecular weight is 468 g/mol. The normalized spacial score (nSPS) is 28.4. The second-order valence-corrected chi connectivity index (χ2v) is 9.45. The van der Waals surface area contributed by atoms with E-state index in [4.69, 9.17) is 15.9 Å². The van der Waals surface area contributed by atoms with Crippen molar-refractivity contribution < 1.29 is 22.6 Å². The molecule has 3 fully saturated rings. The van der Waals surface area contributed by atoms with Crippen LogP contribution >= 0.6 is 0 Å². The van der Waals surface area contributed by atoms with Crippen LogP contribution in [-0.2, 0) is 4.74 Å². The van der Waals surface area contributed by atoms with Crippen molar-refractivity contribution in [1.29, 1.82) is 5.41 Å². The SMILES string of the molecule is CC(C)N/C(=C\C(=N)c1cnc(N)c(OC(F)(F)F)c1)[C@H]1[C@@H]2C[C@H](N3CCCOCC3)C[C@@H]21. The molecule has 10 heteroatoms. The van der Waals surface area contributed by atoms with E-state index in [-0.39, 0.29) is 23.1 Å². The van der Waals surface area contributed by atoms with Crippen molar-refractivity contribution in [3.63, 3.8) is 0 Å². The summed E-state index contributed by atoms with van der Waals surface area (Å²) in [6.45, 7) is 7.77. The molecule has 0 radical (unpaired) electrons. The van der Waals surface area contributed by atoms with E-state index in [2.05, 4.69) is 19.9 Å². The number of rotatable bonds is 7. The molecule has 4 atom stereocenters. The Kier molecular flexibility index (Phi) is 6.86. The Morgan fingerprint density at radius 2 is 2.03 bits per heavy atom. The van der Waals surface area contributed by atoms with Crippen LogP contribution in [0.2, 0.25) is 0 Å². The maximum absolute atomic E-state index is 12.7. The summed E-state index contributed by atoms with van der Waals surface area (Å²) in [5.74, 6) is 0.523. The first-order valence-corrected chi connectivity index (χ1v) is 11.5. The molecular formula is C23H32F3N5O2. The molecule has 33 heavy (non-hydrogen) atoms. The van der Waals surface area contributed by atoms with Crippen LogP contribution in [0.25, 0.3) is 0 Å². The second-order valence-electron chi connectivity index (χ2n) is 9.45. The molecular weight excluding hydrogens is 435 g/mol. The number of alkyl halides is 3. The van der Waals surface area contributed by atoms with Gasteiger partial charge in [-0.3, -0.25) is 4.90 Å². The van der Waals surface area contributed by atoms with Gasteiger partial charge in [0.2, 0.25) is 0 Å². The Morgan fingerprint density at radius 3 is 2.70 bits per heavy atom. The molecule has 0 aromatic carbocycles. The molecule has 0 unspecified atom stereocenters. The number of anilines is 1. The van der Waals surface area contributed by atoms with Crippen LogP contribution in [0.4, 0.5) is 19.0 Å². The van der Waals surface area contributed by atoms with E-state index < -0.39 is 12.1 Å². The fourth-order valence-corrected chi connectivity index (χ4v) is 5.32. The lowest BCUT2D eigenvalue weighted by molar-refractivity contribution is -0.274. The number of nitrogens with zero attached hydrogens (tertiary/aromatic N) is 2. The van der Waals surface area contributed by atoms with Crippen LogP contribution in [0, 0.1) is 23.2 Å². The third kappa shape index (κ3) is 5.78. The molecule has 7 nitrogen and oxygen atoms in total. The lowest BCUT2D eigenvalue weighted by atomic mass is 10.0. The molecule has 4 N–H and O–H groups in total. The van der Waals surface area contributed by atoms with Crippen molar-refractivity contribution in [2.45, 2.75) is 51.6 Å². The van der Waals surface area contributed by atoms with E-state index in [1.807, 2.05) is 13.8 Å². The Labute approximate surface area is 192 Å². The number of fused-ring (bicyclic) bond motifs is 1. The summed E-state index contributed by atoms with van der Waals surface area (Å²) >= 11 is 0. The third-order valence-electron chi connectivity index (χ3n) is 6.73. The van der Waals surface area contributed by atoms with Gasteiger partial charge in [0.1, 0.15) is 0 Å². The van der Waals surface area contributed by atoms with Gasteiger partial charge < -0.3 is 25.9 Å². The fourth-order valence-electron chi connectivity index (χ4n) is 5.32. The number of hydrogen-bond acceptors (Lipinski definition) is 7. The zero-order valence-corrected chi connectivity index (χ0v) is 19.0. The Balaban J connectivity index is 1.46. The van der Waals surface area contributed by atoms with Crippen molar-refractivity contribution in [3.05, 3.63) is 29.6 Å². The number of aromatic nitrogens is 1. The minimum Gasteiger partial charge on any atom is -0.402 e. The van der Waals surface area contributed by atoms with Crippen LogP contribution in [-0.4, -0.2) is 60.3 Å². The molecule has 1 aromatic heterocycles. The maximum Gasteiger partial charge on any atom is 0.573 e. The van der Waals surface area contributed by atoms with Gasteiger partial charge in [-0.15, -0.1) is 13.2 Å². The maximum atomic E-state index is 12.7. The molecule has 2 saturated carbocycles. The van der Waals surface area contributed by atoms with Crippen molar-refractivity contribution in [2.24, 2.45) is 17.8 Å². The molecule has 0 spiro atoms. The number of hydrogen-bond donors (Lipinski definition) is 3. The molecule has 0 amide bonds. The van der Waals surface area contributed by atoms with Gasteiger partial charge in [-0.1, -0.05) is 0 Å². The van der Waals surface area contributed by atoms with E-state index in [1.54, 1.807) is 6.08 Å². The highest BCUT2D eigenvalue weighted by molar-refractivity contribution is 6.07. The summed E-state index contributed by atoms with van der Waals surface area (Å²) in [5.41, 5.74) is 6.79. The number of halogens is 3. The van der Waals surface area contributed by atoms with Crippen molar-refractivity contribution in [2.75, 3.05) is 32.0 Å². The van der Waals surface area contributed by atoms with Crippen molar-refractivity contribution >= 4 is 11.5 Å². The van der Waals surface area contributed by atoms with Crippen molar-refractivity contribution in [1.82, 2.24) is 15.2 Å². The van der Waals surface area contributed by atoms with E-state index in [0.29, 0.717) is 23.8 Å². The quantitative estimate of drug-likeness (QED) is 0.531. The summed E-state index contributed by atoms with van der Waals surface area (Å²) < 4.78 is 47.5. The Morgan fingerprint density at radius 1 is 1.30 bits per heavy atom. The van der Waals surface area contributed by atoms with Gasteiger partial charge in [0.05, 0.1) is 12.3 Å². The predicted octanol–water partition coefficient (Wildman–Crippen LogP) is 3.56. The Hall–Kier alpha value is -2.33. The predicted molar refractivity (Wildman–Crippen MR) is 119 cm³/mol. The molecule has 4 rings (SSSR count). The van der Waals surface area contributed by atoms with Crippen molar-refractivity contribution in [3.8, 4) is 5.75 Å². The topological polar surface area (TPSA) is 96.5 Å². The monoisotopic (exact) mass is 467 g/mol. The highest BCUT2D eigenvalue weighted by Gasteiger charge is 2.58. The van der Waals surface area contributed by atoms with E-state index >= 15 is 0 Å². The molecule has 1 aliphatic heterocycles. The molecule has 2 heterocycles. The number of pyridine rings is 1. The van der Waals surface area contributed by atoms with Gasteiger partial charge >= 0.3 is 6.36 Å². The van der Waals surface area contributed by atoms with Gasteiger partial charge in [-0.05, 0) is 57.1 Å². The van der Waals surface area contributed by atoms with Gasteiger partial charge in [-0.2, -0.15) is 0 Å². The van der Waals surface area contributed by atoms with E-state index in [0.717, 1.165) is 57.3 Å². The minimum absolute atomic E-state index is 0.0730. The van der Waals surface area contributed by atoms with Gasteiger partial charge in [0.15, 0.2) is 11.6 Å². The standard InChI is InChI=1S/C23H32F3N5O2/c1-13(2)30-19(11-18(27)14-8-20(22(28)29-12-14)33-23(24,25)26)21-16-9-15(10-17(16)21)31-4-3-6-32-7-5-31/h8,11-13,15-17,21,27,30H,3-7,9-10H2,1-2H3,(H2,28,29)/b19-11-,27-18?/t15-,16+,17-,21-. The highest BCUT2D eigenvalue weighted by Crippen LogP contribution is 2.61. The first kappa shape index (κ1) is 23.8. The number of ether oxygens (including phenoxy) is 2. The summed E-state index contributed by atoms with van der Waals surface area (Å²) in [6.07, 6.45) is 1.48. The third-order valence-corrected chi connectivity index (χ3v) is 6.73. The zero-order chi connectivity index (χ0) is 23.8. The van der Waals surface area contributed by atoms with Crippen LogP contribution in [0.15, 0.2) is 24.0 Å². The van der Waals surface area contributed by atoms with E-state index in [9.17, 15) is 13.2 Å². The molecule has 1 aromatic rings. The van der Waals surface area contributed by atoms with Crippen LogP contribution in [0.3, 0.4) is 0 Å². The Bertz CT molecular complexity index is 885. The van der Waals surface area contributed by atoms with Gasteiger partial charge in [-0.25, -0.2) is 4.98 Å². The molecule has 2 aliphatic carbocycles. The minimum atomic E-state index is -4.88. The highest BCUT2D eigenvalue weighted by atomic mass is 19.4. The molecule has 0 bridgehead atoms. The fraction of sp³-hybridized carbons (Fsp3) is 0.652. The first-order valence-electron chi connectivity index (χ1n) is 11.5. The van der Waals surface area contributed by atoms with Crippen LogP contribution in [0.1, 0.15) is 38.7 Å². The first-order chi connectivity index (χ1) is 15.6. The van der Waals surface area contributed by atoms with Gasteiger partial charge in [0.25, 0.3) is 0 Å². The lowest BCUT2D eigenvalue weighted by Crippen LogP contribution is -2.37. The molecule has 182 valence electrons. The summed E-state index contributed by atoms with van der Waals surface area (Å²) in [5, 5.41) is 12.0. The largest absolute Gasteiger partial charge is 0.573 e. The lowest BCUT2D eigenvalue weighted by Gasteiger charge is -2.29. The summed E-state index contributed by atoms with van der Waals surface area (Å²) in [4.78, 5) is 6.34. The second kappa shape index (κ2) is 9.50. The summed E-state index contributed by atoms with van der Waals surface area (Å²) in [7, 11) is 0. The van der Waals surface area contributed by atoms with Crippen LogP contribution in [0.5, 0.6) is 5.75 Å². The number of allylic oxidation sites excluding steroid dienone is 2. The number of nitrogens with two attached hydrogens (primary N) is 1. The number of nitrogen functional groups attached to an aromatic ring is 1. The number of nitrogens with one attached hydrogen (secondary N) is 2. The van der Waals surface area contributed by atoms with Gasteiger partial charge in [0, 0.05) is 55.2 Å². The summed E-state index contributed by atoms with van der Waals surface area (Å²) in [6, 6.07) is 1.88. The average Bonchev–Trinajstić information content (AvgIpc) is 3.34. The zero-order valence-electron chi connectivity index (χ0n) is 19.0. The molecule has 3 aliphatic rings. The van der Waals surface area contributed by atoms with E-state index in [1.165, 1.54) is 6.20 Å². The smallest absolute Gasteiger partial charge is 0.402 e.